The van der Waals surface area contributed by atoms with Crippen LogP contribution in [-0.4, -0.2) is 18.2 Å². The van der Waals surface area contributed by atoms with Crippen molar-refractivity contribution in [3.63, 3.8) is 0 Å². The highest BCUT2D eigenvalue weighted by atomic mass is 16.5. The van der Waals surface area contributed by atoms with E-state index in [1.807, 2.05) is 0 Å². The van der Waals surface area contributed by atoms with Crippen LogP contribution in [-0.2, 0) is 4.74 Å². The van der Waals surface area contributed by atoms with Gasteiger partial charge in [0.05, 0.1) is 6.10 Å². The van der Waals surface area contributed by atoms with Crippen molar-refractivity contribution in [1.82, 2.24) is 0 Å². The average molecular weight is 169 g/mol. The molecule has 1 aliphatic heterocycles. The Morgan fingerprint density at radius 2 is 2.17 bits per heavy atom. The van der Waals surface area contributed by atoms with E-state index in [4.69, 9.17) is 10.5 Å². The summed E-state index contributed by atoms with van der Waals surface area (Å²) in [5, 5.41) is 0. The van der Waals surface area contributed by atoms with E-state index in [0.717, 1.165) is 6.61 Å². The minimum absolute atomic E-state index is 0.141. The van der Waals surface area contributed by atoms with Gasteiger partial charge in [0.2, 0.25) is 0 Å². The lowest BCUT2D eigenvalue weighted by Crippen LogP contribution is -2.40. The van der Waals surface area contributed by atoms with Crippen molar-refractivity contribution in [2.45, 2.75) is 50.7 Å². The van der Waals surface area contributed by atoms with Crippen molar-refractivity contribution in [1.29, 1.82) is 0 Å². The number of ether oxygens (including phenoxy) is 1. The Balaban J connectivity index is 1.89. The third-order valence-electron chi connectivity index (χ3n) is 3.51. The van der Waals surface area contributed by atoms with Gasteiger partial charge >= 0.3 is 0 Å². The van der Waals surface area contributed by atoms with E-state index in [1.165, 1.54) is 32.1 Å². The van der Waals surface area contributed by atoms with Crippen LogP contribution >= 0.6 is 0 Å². The molecule has 1 saturated carbocycles. The summed E-state index contributed by atoms with van der Waals surface area (Å²) in [6.07, 6.45) is 6.64. The molecule has 0 amide bonds. The summed E-state index contributed by atoms with van der Waals surface area (Å²) in [5.74, 6) is 0.567. The van der Waals surface area contributed by atoms with Gasteiger partial charge in [0.25, 0.3) is 0 Å². The first kappa shape index (κ1) is 8.52. The summed E-state index contributed by atoms with van der Waals surface area (Å²) in [5.41, 5.74) is 6.28. The lowest BCUT2D eigenvalue weighted by Gasteiger charge is -2.31. The summed E-state index contributed by atoms with van der Waals surface area (Å²) in [4.78, 5) is 0. The Morgan fingerprint density at radius 3 is 2.67 bits per heavy atom. The van der Waals surface area contributed by atoms with Gasteiger partial charge < -0.3 is 10.5 Å². The van der Waals surface area contributed by atoms with Crippen molar-refractivity contribution >= 4 is 0 Å². The topological polar surface area (TPSA) is 35.2 Å². The van der Waals surface area contributed by atoms with Gasteiger partial charge in [0.15, 0.2) is 0 Å². The molecular weight excluding hydrogens is 150 g/mol. The van der Waals surface area contributed by atoms with Gasteiger partial charge in [-0.25, -0.2) is 0 Å². The molecule has 0 aromatic rings. The van der Waals surface area contributed by atoms with Gasteiger partial charge in [-0.3, -0.25) is 0 Å². The van der Waals surface area contributed by atoms with E-state index < -0.39 is 0 Å². The highest BCUT2D eigenvalue weighted by Gasteiger charge is 2.46. The second kappa shape index (κ2) is 3.00. The van der Waals surface area contributed by atoms with Crippen LogP contribution in [0.4, 0.5) is 0 Å². The van der Waals surface area contributed by atoms with Crippen LogP contribution < -0.4 is 5.73 Å². The van der Waals surface area contributed by atoms with Gasteiger partial charge in [-0.1, -0.05) is 6.92 Å². The van der Waals surface area contributed by atoms with Crippen molar-refractivity contribution in [2.75, 3.05) is 6.61 Å². The molecule has 0 spiro atoms. The Kier molecular flexibility index (Phi) is 2.13. The fourth-order valence-corrected chi connectivity index (χ4v) is 2.13. The number of hydrogen-bond acceptors (Lipinski definition) is 2. The molecule has 2 atom stereocenters. The molecule has 2 fully saturated rings. The Hall–Kier alpha value is -0.0800. The molecule has 0 radical (unpaired) electrons. The number of nitrogens with two attached hydrogens (primary N) is 1. The zero-order chi connectivity index (χ0) is 8.60. The predicted octanol–water partition coefficient (Wildman–Crippen LogP) is 1.68. The Morgan fingerprint density at radius 1 is 1.42 bits per heavy atom. The van der Waals surface area contributed by atoms with Crippen molar-refractivity contribution < 1.29 is 4.74 Å². The molecule has 2 N–H and O–H groups in total. The maximum Gasteiger partial charge on any atom is 0.0618 e. The summed E-state index contributed by atoms with van der Waals surface area (Å²) < 4.78 is 5.73. The van der Waals surface area contributed by atoms with Crippen LogP contribution in [0.1, 0.15) is 39.0 Å². The van der Waals surface area contributed by atoms with E-state index in [-0.39, 0.29) is 5.54 Å². The molecule has 2 heteroatoms. The summed E-state index contributed by atoms with van der Waals surface area (Å²) in [6.45, 7) is 3.20. The lowest BCUT2D eigenvalue weighted by atomic mass is 9.89. The average Bonchev–Trinajstić information content (AvgIpc) is 2.85. The summed E-state index contributed by atoms with van der Waals surface area (Å²) >= 11 is 0. The first-order valence-electron chi connectivity index (χ1n) is 5.13. The molecule has 0 aromatic carbocycles. The van der Waals surface area contributed by atoms with Gasteiger partial charge in [-0.2, -0.15) is 0 Å². The van der Waals surface area contributed by atoms with Gasteiger partial charge in [-0.05, 0) is 32.1 Å². The molecule has 0 aromatic heterocycles. The molecule has 1 saturated heterocycles. The normalized spacial score (nSPS) is 36.0. The fraction of sp³-hybridized carbons (Fsp3) is 1.00. The second-order valence-electron chi connectivity index (χ2n) is 4.43. The third-order valence-corrected chi connectivity index (χ3v) is 3.51. The van der Waals surface area contributed by atoms with E-state index >= 15 is 0 Å². The minimum Gasteiger partial charge on any atom is -0.378 e. The molecule has 2 aliphatic rings. The largest absolute Gasteiger partial charge is 0.378 e. The van der Waals surface area contributed by atoms with Crippen LogP contribution in [0, 0.1) is 5.92 Å². The summed E-state index contributed by atoms with van der Waals surface area (Å²) in [6, 6.07) is 0. The molecule has 1 aliphatic carbocycles. The van der Waals surface area contributed by atoms with E-state index in [0.29, 0.717) is 12.0 Å². The zero-order valence-corrected chi connectivity index (χ0v) is 7.88. The van der Waals surface area contributed by atoms with Crippen LogP contribution in [0.5, 0.6) is 0 Å². The SMILES string of the molecule is CC(C1CCCCO1)C1(N)CC1. The van der Waals surface area contributed by atoms with Crippen LogP contribution in [0.15, 0.2) is 0 Å². The van der Waals surface area contributed by atoms with Crippen LogP contribution in [0.25, 0.3) is 0 Å². The predicted molar refractivity (Wildman–Crippen MR) is 48.9 cm³/mol. The van der Waals surface area contributed by atoms with Crippen LogP contribution in [0.2, 0.25) is 0 Å². The molecule has 1 heterocycles. The van der Waals surface area contributed by atoms with E-state index in [2.05, 4.69) is 6.92 Å². The standard InChI is InChI=1S/C10H19NO/c1-8(10(11)5-6-10)9-4-2-3-7-12-9/h8-9H,2-7,11H2,1H3. The fourth-order valence-electron chi connectivity index (χ4n) is 2.13. The highest BCUT2D eigenvalue weighted by molar-refractivity contribution is 5.04. The molecule has 0 bridgehead atoms. The zero-order valence-electron chi connectivity index (χ0n) is 7.88. The quantitative estimate of drug-likeness (QED) is 0.682. The molecular formula is C10H19NO. The van der Waals surface area contributed by atoms with Crippen molar-refractivity contribution in [3.05, 3.63) is 0 Å². The minimum atomic E-state index is 0.141. The molecule has 12 heavy (non-hydrogen) atoms. The highest BCUT2D eigenvalue weighted by Crippen LogP contribution is 2.43. The molecule has 2 rings (SSSR count). The smallest absolute Gasteiger partial charge is 0.0618 e. The maximum atomic E-state index is 6.14. The summed E-state index contributed by atoms with van der Waals surface area (Å²) in [7, 11) is 0. The van der Waals surface area contributed by atoms with Gasteiger partial charge in [0, 0.05) is 18.1 Å². The third kappa shape index (κ3) is 1.50. The Bertz CT molecular complexity index is 159. The van der Waals surface area contributed by atoms with Gasteiger partial charge in [0.1, 0.15) is 0 Å². The van der Waals surface area contributed by atoms with Crippen LogP contribution in [0.3, 0.4) is 0 Å². The maximum absolute atomic E-state index is 6.14. The van der Waals surface area contributed by atoms with Crippen molar-refractivity contribution in [2.24, 2.45) is 11.7 Å². The number of hydrogen-bond donors (Lipinski definition) is 1. The molecule has 70 valence electrons. The van der Waals surface area contributed by atoms with E-state index in [9.17, 15) is 0 Å². The first-order chi connectivity index (χ1) is 5.72. The molecule has 2 nitrogen and oxygen atoms in total. The van der Waals surface area contributed by atoms with E-state index in [1.54, 1.807) is 0 Å². The van der Waals surface area contributed by atoms with Gasteiger partial charge in [-0.15, -0.1) is 0 Å². The lowest BCUT2D eigenvalue weighted by molar-refractivity contribution is -0.0252. The molecule has 2 unspecified atom stereocenters. The van der Waals surface area contributed by atoms with Crippen molar-refractivity contribution in [3.8, 4) is 0 Å². The second-order valence-corrected chi connectivity index (χ2v) is 4.43. The number of rotatable bonds is 2. The first-order valence-corrected chi connectivity index (χ1v) is 5.13. The monoisotopic (exact) mass is 169 g/mol. The Labute approximate surface area is 74.5 Å².